The lowest BCUT2D eigenvalue weighted by Gasteiger charge is -2.39. The standard InChI is InChI=1S/C22H27N7/c1-16-8-6-7-11-19(16)29-14-12-28(13-15-29)17(2)20-25-21(23)27-22(26-20)24-18-9-4-3-5-10-18/h3-11,17H,12-15H2,1-2H3,(H3,23,24,25,26,27)/t17-/m0/s1. The first-order valence-corrected chi connectivity index (χ1v) is 9.98. The van der Waals surface area contributed by atoms with Gasteiger partial charge in [0.15, 0.2) is 5.82 Å². The quantitative estimate of drug-likeness (QED) is 0.692. The van der Waals surface area contributed by atoms with Gasteiger partial charge in [-0.05, 0) is 37.6 Å². The highest BCUT2D eigenvalue weighted by Crippen LogP contribution is 2.25. The van der Waals surface area contributed by atoms with Crippen LogP contribution in [-0.2, 0) is 0 Å². The summed E-state index contributed by atoms with van der Waals surface area (Å²) in [5.74, 6) is 1.41. The Kier molecular flexibility index (Phi) is 5.57. The molecule has 7 nitrogen and oxygen atoms in total. The van der Waals surface area contributed by atoms with Crippen molar-refractivity contribution in [2.75, 3.05) is 42.1 Å². The molecule has 1 atom stereocenters. The van der Waals surface area contributed by atoms with Gasteiger partial charge >= 0.3 is 0 Å². The van der Waals surface area contributed by atoms with Gasteiger partial charge in [0.1, 0.15) is 0 Å². The molecule has 1 saturated heterocycles. The third-order valence-electron chi connectivity index (χ3n) is 5.39. The number of benzene rings is 2. The Hall–Kier alpha value is -3.19. The van der Waals surface area contributed by atoms with Crippen LogP contribution in [-0.4, -0.2) is 46.0 Å². The van der Waals surface area contributed by atoms with Gasteiger partial charge in [0.25, 0.3) is 0 Å². The summed E-state index contributed by atoms with van der Waals surface area (Å²) >= 11 is 0. The van der Waals surface area contributed by atoms with Gasteiger partial charge in [0.05, 0.1) is 6.04 Å². The smallest absolute Gasteiger partial charge is 0.232 e. The molecule has 0 amide bonds. The normalized spacial score (nSPS) is 15.9. The minimum Gasteiger partial charge on any atom is -0.369 e. The lowest BCUT2D eigenvalue weighted by atomic mass is 10.1. The van der Waals surface area contributed by atoms with Crippen molar-refractivity contribution in [1.82, 2.24) is 19.9 Å². The Morgan fingerprint density at radius 2 is 1.59 bits per heavy atom. The first-order valence-electron chi connectivity index (χ1n) is 9.98. The summed E-state index contributed by atoms with van der Waals surface area (Å²) in [7, 11) is 0. The van der Waals surface area contributed by atoms with Crippen LogP contribution in [0.2, 0.25) is 0 Å². The number of hydrogen-bond acceptors (Lipinski definition) is 7. The molecule has 150 valence electrons. The zero-order valence-electron chi connectivity index (χ0n) is 16.9. The Morgan fingerprint density at radius 1 is 0.897 bits per heavy atom. The van der Waals surface area contributed by atoms with E-state index >= 15 is 0 Å². The molecule has 0 saturated carbocycles. The van der Waals surface area contributed by atoms with Crippen LogP contribution >= 0.6 is 0 Å². The first-order chi connectivity index (χ1) is 14.1. The van der Waals surface area contributed by atoms with Gasteiger partial charge in [0, 0.05) is 37.6 Å². The number of anilines is 4. The summed E-state index contributed by atoms with van der Waals surface area (Å²) in [6, 6.07) is 18.4. The van der Waals surface area contributed by atoms with Crippen molar-refractivity contribution in [3.63, 3.8) is 0 Å². The Balaban J connectivity index is 1.45. The van der Waals surface area contributed by atoms with Gasteiger partial charge in [-0.1, -0.05) is 36.4 Å². The van der Waals surface area contributed by atoms with Crippen molar-refractivity contribution in [2.24, 2.45) is 0 Å². The third-order valence-corrected chi connectivity index (χ3v) is 5.39. The lowest BCUT2D eigenvalue weighted by Crippen LogP contribution is -2.47. The van der Waals surface area contributed by atoms with Gasteiger partial charge in [0.2, 0.25) is 11.9 Å². The molecule has 2 aromatic carbocycles. The topological polar surface area (TPSA) is 83.2 Å². The molecule has 1 aliphatic rings. The molecule has 0 aliphatic carbocycles. The lowest BCUT2D eigenvalue weighted by molar-refractivity contribution is 0.191. The van der Waals surface area contributed by atoms with Crippen molar-refractivity contribution in [1.29, 1.82) is 0 Å². The van der Waals surface area contributed by atoms with Crippen molar-refractivity contribution in [3.8, 4) is 0 Å². The number of aryl methyl sites for hydroxylation is 1. The summed E-state index contributed by atoms with van der Waals surface area (Å²) in [5, 5.41) is 3.21. The number of nitrogens with one attached hydrogen (secondary N) is 1. The van der Waals surface area contributed by atoms with Gasteiger partial charge in [-0.25, -0.2) is 0 Å². The van der Waals surface area contributed by atoms with Gasteiger partial charge in [-0.3, -0.25) is 4.90 Å². The van der Waals surface area contributed by atoms with Crippen LogP contribution in [0.25, 0.3) is 0 Å². The molecule has 2 heterocycles. The fraction of sp³-hybridized carbons (Fsp3) is 0.318. The number of hydrogen-bond donors (Lipinski definition) is 2. The molecule has 7 heteroatoms. The number of nitrogen functional groups attached to an aromatic ring is 1. The molecular formula is C22H27N7. The number of para-hydroxylation sites is 2. The summed E-state index contributed by atoms with van der Waals surface area (Å²) in [5.41, 5.74) is 9.52. The molecular weight excluding hydrogens is 362 g/mol. The van der Waals surface area contributed by atoms with Gasteiger partial charge < -0.3 is 16.0 Å². The van der Waals surface area contributed by atoms with Crippen LogP contribution in [0, 0.1) is 6.92 Å². The van der Waals surface area contributed by atoms with Gasteiger partial charge in [-0.2, -0.15) is 15.0 Å². The molecule has 0 spiro atoms. The molecule has 0 bridgehead atoms. The average Bonchev–Trinajstić information content (AvgIpc) is 2.74. The maximum Gasteiger partial charge on any atom is 0.232 e. The van der Waals surface area contributed by atoms with Crippen LogP contribution in [0.15, 0.2) is 54.6 Å². The summed E-state index contributed by atoms with van der Waals surface area (Å²) in [6.07, 6.45) is 0. The molecule has 4 rings (SSSR count). The molecule has 3 N–H and O–H groups in total. The Bertz CT molecular complexity index is 952. The number of nitrogens with zero attached hydrogens (tertiary/aromatic N) is 5. The van der Waals surface area contributed by atoms with E-state index in [0.717, 1.165) is 31.9 Å². The third kappa shape index (κ3) is 4.46. The highest BCUT2D eigenvalue weighted by Gasteiger charge is 2.25. The summed E-state index contributed by atoms with van der Waals surface area (Å²) in [4.78, 5) is 18.1. The molecule has 1 fully saturated rings. The maximum atomic E-state index is 5.97. The molecule has 3 aromatic rings. The molecule has 29 heavy (non-hydrogen) atoms. The molecule has 0 radical (unpaired) electrons. The largest absolute Gasteiger partial charge is 0.369 e. The average molecular weight is 390 g/mol. The van der Waals surface area contributed by atoms with E-state index < -0.39 is 0 Å². The van der Waals surface area contributed by atoms with Crippen molar-refractivity contribution in [2.45, 2.75) is 19.9 Å². The fourth-order valence-electron chi connectivity index (χ4n) is 3.73. The highest BCUT2D eigenvalue weighted by atomic mass is 15.3. The van der Waals surface area contributed by atoms with E-state index in [1.807, 2.05) is 30.3 Å². The molecule has 1 aliphatic heterocycles. The number of aromatic nitrogens is 3. The summed E-state index contributed by atoms with van der Waals surface area (Å²) in [6.45, 7) is 8.14. The predicted molar refractivity (Wildman–Crippen MR) is 117 cm³/mol. The molecule has 0 unspecified atom stereocenters. The highest BCUT2D eigenvalue weighted by molar-refractivity contribution is 5.54. The monoisotopic (exact) mass is 389 g/mol. The number of piperazine rings is 1. The van der Waals surface area contributed by atoms with Crippen LogP contribution < -0.4 is 16.0 Å². The maximum absolute atomic E-state index is 5.97. The fourth-order valence-corrected chi connectivity index (χ4v) is 3.73. The second-order valence-electron chi connectivity index (χ2n) is 7.35. The Labute approximate surface area is 171 Å². The van der Waals surface area contributed by atoms with E-state index in [0.29, 0.717) is 11.8 Å². The second kappa shape index (κ2) is 8.45. The van der Waals surface area contributed by atoms with Crippen LogP contribution in [0.4, 0.5) is 23.3 Å². The van der Waals surface area contributed by atoms with Crippen molar-refractivity contribution in [3.05, 3.63) is 66.0 Å². The van der Waals surface area contributed by atoms with Gasteiger partial charge in [-0.15, -0.1) is 0 Å². The zero-order valence-corrected chi connectivity index (χ0v) is 16.9. The minimum atomic E-state index is 0.0654. The van der Waals surface area contributed by atoms with Crippen LogP contribution in [0.1, 0.15) is 24.4 Å². The zero-order chi connectivity index (χ0) is 20.2. The number of nitrogens with two attached hydrogens (primary N) is 1. The Morgan fingerprint density at radius 3 is 2.31 bits per heavy atom. The summed E-state index contributed by atoms with van der Waals surface area (Å²) < 4.78 is 0. The second-order valence-corrected chi connectivity index (χ2v) is 7.35. The van der Waals surface area contributed by atoms with Crippen molar-refractivity contribution >= 4 is 23.3 Å². The number of rotatable bonds is 5. The van der Waals surface area contributed by atoms with Crippen LogP contribution in [0.3, 0.4) is 0 Å². The van der Waals surface area contributed by atoms with E-state index in [4.69, 9.17) is 5.73 Å². The minimum absolute atomic E-state index is 0.0654. The van der Waals surface area contributed by atoms with E-state index in [1.165, 1.54) is 11.3 Å². The predicted octanol–water partition coefficient (Wildman–Crippen LogP) is 3.39. The van der Waals surface area contributed by atoms with Crippen LogP contribution in [0.5, 0.6) is 0 Å². The van der Waals surface area contributed by atoms with E-state index in [2.05, 4.69) is 68.2 Å². The molecule has 1 aromatic heterocycles. The van der Waals surface area contributed by atoms with Crippen molar-refractivity contribution < 1.29 is 0 Å². The van der Waals surface area contributed by atoms with E-state index in [1.54, 1.807) is 0 Å². The SMILES string of the molecule is Cc1ccccc1N1CCN([C@@H](C)c2nc(N)nc(Nc3ccccc3)n2)CC1. The first kappa shape index (κ1) is 19.1. The van der Waals surface area contributed by atoms with E-state index in [9.17, 15) is 0 Å². The van der Waals surface area contributed by atoms with E-state index in [-0.39, 0.29) is 12.0 Å².